The second kappa shape index (κ2) is 8.14. The third-order valence-electron chi connectivity index (χ3n) is 3.75. The zero-order valence-electron chi connectivity index (χ0n) is 13.2. The van der Waals surface area contributed by atoms with Crippen LogP contribution in [0.15, 0.2) is 0 Å². The van der Waals surface area contributed by atoms with Gasteiger partial charge in [-0.2, -0.15) is 21.0 Å². The third-order valence-corrected chi connectivity index (χ3v) is 5.56. The van der Waals surface area contributed by atoms with Crippen molar-refractivity contribution in [3.8, 4) is 0 Å². The highest BCUT2D eigenvalue weighted by Crippen LogP contribution is 2.35. The van der Waals surface area contributed by atoms with Crippen molar-refractivity contribution in [3.05, 3.63) is 0 Å². The molecule has 0 aromatic heterocycles. The Labute approximate surface area is 145 Å². The first-order valence-electron chi connectivity index (χ1n) is 7.23. The molecule has 0 saturated carbocycles. The van der Waals surface area contributed by atoms with Gasteiger partial charge in [-0.05, 0) is 13.3 Å². The maximum absolute atomic E-state index is 12.6. The number of carboxylic acid groups (broad SMARTS) is 1. The monoisotopic (exact) mass is 382 g/mol. The fourth-order valence-electron chi connectivity index (χ4n) is 2.60. The zero-order valence-corrected chi connectivity index (χ0v) is 14.9. The summed E-state index contributed by atoms with van der Waals surface area (Å²) in [4.78, 5) is 22.1. The molecule has 0 aromatic carbocycles. The van der Waals surface area contributed by atoms with E-state index in [1.54, 1.807) is 6.92 Å². The minimum Gasteiger partial charge on any atom is -0.479 e. The van der Waals surface area contributed by atoms with Crippen LogP contribution in [0.2, 0.25) is 0 Å². The molecule has 2 atom stereocenters. The standard InChI is InChI=1S/C12H22N4O6S2/c1-8(13)14-4-5-15-9(7-23)10(17)16-6-2-3-12(16,11(18)19)24(20,21)22/h9,15,23H,2-7H2,1H3,(H2,13,14)(H,18,19)(H,20,21,22)/t9-,12+/m0/s1. The van der Waals surface area contributed by atoms with Gasteiger partial charge in [0.2, 0.25) is 5.91 Å². The number of carbonyl (C=O) groups excluding carboxylic acids is 1. The van der Waals surface area contributed by atoms with Crippen molar-refractivity contribution in [2.75, 3.05) is 25.4 Å². The Hall–Kier alpha value is -1.37. The van der Waals surface area contributed by atoms with Gasteiger partial charge < -0.3 is 20.6 Å². The minimum atomic E-state index is -5.02. The fourth-order valence-corrected chi connectivity index (χ4v) is 3.96. The number of aliphatic carboxylic acids is 1. The topological polar surface area (TPSA) is 160 Å². The highest BCUT2D eigenvalue weighted by molar-refractivity contribution is 7.88. The second-order valence-electron chi connectivity index (χ2n) is 5.40. The molecule has 1 aliphatic heterocycles. The summed E-state index contributed by atoms with van der Waals surface area (Å²) >= 11 is 4.04. The van der Waals surface area contributed by atoms with E-state index in [1.807, 2.05) is 0 Å². The number of carbonyl (C=O) groups is 2. The van der Waals surface area contributed by atoms with Crippen molar-refractivity contribution in [2.24, 2.45) is 0 Å². The summed E-state index contributed by atoms with van der Waals surface area (Å²) in [7, 11) is -5.02. The van der Waals surface area contributed by atoms with E-state index in [-0.39, 0.29) is 37.5 Å². The number of likely N-dealkylation sites (tertiary alicyclic amines) is 1. The fraction of sp³-hybridized carbons (Fsp3) is 0.750. The van der Waals surface area contributed by atoms with Gasteiger partial charge in [0.05, 0.1) is 11.9 Å². The summed E-state index contributed by atoms with van der Waals surface area (Å²) in [6.07, 6.45) is -0.230. The molecule has 24 heavy (non-hydrogen) atoms. The van der Waals surface area contributed by atoms with E-state index in [4.69, 9.17) is 5.41 Å². The van der Waals surface area contributed by atoms with Crippen molar-refractivity contribution >= 4 is 40.5 Å². The molecule has 1 saturated heterocycles. The third kappa shape index (κ3) is 4.18. The number of hydrogen-bond acceptors (Lipinski definition) is 7. The van der Waals surface area contributed by atoms with Crippen LogP contribution in [0.3, 0.4) is 0 Å². The zero-order chi connectivity index (χ0) is 18.5. The summed E-state index contributed by atoms with van der Waals surface area (Å²) < 4.78 is 32.7. The number of carboxylic acids is 1. The quantitative estimate of drug-likeness (QED) is 0.0998. The van der Waals surface area contributed by atoms with E-state index in [9.17, 15) is 27.7 Å². The van der Waals surface area contributed by atoms with E-state index in [0.29, 0.717) is 11.4 Å². The Morgan fingerprint density at radius 1 is 1.42 bits per heavy atom. The summed E-state index contributed by atoms with van der Waals surface area (Å²) in [5.74, 6) is -2.27. The van der Waals surface area contributed by atoms with Crippen molar-refractivity contribution in [3.63, 3.8) is 0 Å². The van der Waals surface area contributed by atoms with Crippen LogP contribution < -0.4 is 10.6 Å². The van der Waals surface area contributed by atoms with Gasteiger partial charge in [0.15, 0.2) is 0 Å². The molecule has 0 radical (unpaired) electrons. The summed E-state index contributed by atoms with van der Waals surface area (Å²) in [5, 5.41) is 22.1. The van der Waals surface area contributed by atoms with Gasteiger partial charge in [0, 0.05) is 31.8 Å². The SMILES string of the molecule is CC(=N)NCCN[C@@H](CS)C(=O)N1CCC[C@]1(C(=O)O)S(=O)(=O)O. The Morgan fingerprint density at radius 3 is 2.50 bits per heavy atom. The molecule has 0 aromatic rings. The second-order valence-corrected chi connectivity index (χ2v) is 7.39. The van der Waals surface area contributed by atoms with E-state index in [2.05, 4.69) is 23.3 Å². The number of amides is 1. The first-order valence-corrected chi connectivity index (χ1v) is 9.30. The molecule has 1 heterocycles. The van der Waals surface area contributed by atoms with Gasteiger partial charge in [0.25, 0.3) is 4.87 Å². The van der Waals surface area contributed by atoms with Gasteiger partial charge >= 0.3 is 16.1 Å². The molecule has 0 spiro atoms. The molecule has 5 N–H and O–H groups in total. The molecule has 1 rings (SSSR count). The molecule has 12 heteroatoms. The largest absolute Gasteiger partial charge is 0.479 e. The molecule has 0 aliphatic carbocycles. The molecule has 138 valence electrons. The normalized spacial score (nSPS) is 22.2. The average molecular weight is 382 g/mol. The lowest BCUT2D eigenvalue weighted by Gasteiger charge is -2.34. The molecule has 0 unspecified atom stereocenters. The number of nitrogens with zero attached hydrogens (tertiary/aromatic N) is 1. The predicted molar refractivity (Wildman–Crippen MR) is 89.9 cm³/mol. The number of amidine groups is 1. The first-order chi connectivity index (χ1) is 11.1. The van der Waals surface area contributed by atoms with Crippen LogP contribution in [0.25, 0.3) is 0 Å². The molecule has 1 amide bonds. The highest BCUT2D eigenvalue weighted by Gasteiger charge is 2.60. The minimum absolute atomic E-state index is 0.0140. The Balaban J connectivity index is 2.93. The molecule has 1 aliphatic rings. The Kier molecular flexibility index (Phi) is 7.01. The van der Waals surface area contributed by atoms with Gasteiger partial charge in [-0.15, -0.1) is 0 Å². The Bertz CT molecular complexity index is 611. The lowest BCUT2D eigenvalue weighted by molar-refractivity contribution is -0.151. The van der Waals surface area contributed by atoms with Gasteiger partial charge in [-0.25, -0.2) is 4.79 Å². The van der Waals surface area contributed by atoms with Crippen LogP contribution in [0.4, 0.5) is 0 Å². The van der Waals surface area contributed by atoms with Gasteiger partial charge in [-0.1, -0.05) is 0 Å². The van der Waals surface area contributed by atoms with Crippen LogP contribution in [0.5, 0.6) is 0 Å². The van der Waals surface area contributed by atoms with Crippen LogP contribution in [-0.2, 0) is 19.7 Å². The van der Waals surface area contributed by atoms with E-state index in [1.165, 1.54) is 0 Å². The molecule has 10 nitrogen and oxygen atoms in total. The maximum atomic E-state index is 12.6. The first kappa shape index (κ1) is 20.7. The lowest BCUT2D eigenvalue weighted by Crippen LogP contribution is -2.62. The number of thiol groups is 1. The van der Waals surface area contributed by atoms with Crippen LogP contribution in [0.1, 0.15) is 19.8 Å². The van der Waals surface area contributed by atoms with Crippen LogP contribution >= 0.6 is 12.6 Å². The molecule has 1 fully saturated rings. The summed E-state index contributed by atoms with van der Waals surface area (Å²) in [5.41, 5.74) is 0. The molecular formula is C12H22N4O6S2. The van der Waals surface area contributed by atoms with Gasteiger partial charge in [0.1, 0.15) is 0 Å². The number of rotatable bonds is 8. The lowest BCUT2D eigenvalue weighted by atomic mass is 10.2. The molecule has 0 bridgehead atoms. The summed E-state index contributed by atoms with van der Waals surface area (Å²) in [6.45, 7) is 2.11. The van der Waals surface area contributed by atoms with Crippen molar-refractivity contribution in [2.45, 2.75) is 30.7 Å². The van der Waals surface area contributed by atoms with E-state index >= 15 is 0 Å². The number of hydrogen-bond donors (Lipinski definition) is 6. The van der Waals surface area contributed by atoms with Crippen molar-refractivity contribution in [1.29, 1.82) is 5.41 Å². The van der Waals surface area contributed by atoms with E-state index in [0.717, 1.165) is 0 Å². The Morgan fingerprint density at radius 2 is 2.04 bits per heavy atom. The highest BCUT2D eigenvalue weighted by atomic mass is 32.2. The van der Waals surface area contributed by atoms with E-state index < -0.39 is 32.9 Å². The van der Waals surface area contributed by atoms with Gasteiger partial charge in [-0.3, -0.25) is 14.8 Å². The van der Waals surface area contributed by atoms with Crippen LogP contribution in [-0.4, -0.2) is 77.0 Å². The molecular weight excluding hydrogens is 360 g/mol. The number of nitrogens with one attached hydrogen (secondary N) is 3. The summed E-state index contributed by atoms with van der Waals surface area (Å²) in [6, 6.07) is -0.917. The average Bonchev–Trinajstić information content (AvgIpc) is 2.92. The predicted octanol–water partition coefficient (Wildman–Crippen LogP) is -1.25. The van der Waals surface area contributed by atoms with Crippen molar-refractivity contribution < 1.29 is 27.7 Å². The maximum Gasteiger partial charge on any atom is 0.348 e. The van der Waals surface area contributed by atoms with Crippen LogP contribution in [0, 0.1) is 5.41 Å². The van der Waals surface area contributed by atoms with Crippen molar-refractivity contribution in [1.82, 2.24) is 15.5 Å². The smallest absolute Gasteiger partial charge is 0.348 e.